The molecule has 0 aliphatic heterocycles. The van der Waals surface area contributed by atoms with E-state index in [0.717, 1.165) is 16.7 Å². The Kier molecular flexibility index (Phi) is 10.6. The van der Waals surface area contributed by atoms with Crippen LogP contribution >= 0.6 is 0 Å². The van der Waals surface area contributed by atoms with Crippen molar-refractivity contribution in [1.29, 1.82) is 0 Å². The Morgan fingerprint density at radius 3 is 1.72 bits per heavy atom. The van der Waals surface area contributed by atoms with Crippen molar-refractivity contribution in [3.05, 3.63) is 102 Å². The number of aliphatic carboxylic acids is 1. The van der Waals surface area contributed by atoms with Gasteiger partial charge in [0.2, 0.25) is 17.7 Å². The number of aromatic hydroxyl groups is 1. The van der Waals surface area contributed by atoms with E-state index in [2.05, 4.69) is 16.0 Å². The Balaban J connectivity index is 1.61. The quantitative estimate of drug-likeness (QED) is 0.190. The number of carboxylic acids is 1. The number of phenolic OH excluding ortho intramolecular Hbond substituents is 1. The lowest BCUT2D eigenvalue weighted by Crippen LogP contribution is -2.55. The summed E-state index contributed by atoms with van der Waals surface area (Å²) in [5.74, 6) is -2.96. The molecule has 0 aliphatic carbocycles. The van der Waals surface area contributed by atoms with E-state index in [-0.39, 0.29) is 25.0 Å². The maximum Gasteiger partial charge on any atom is 0.326 e. The zero-order valence-electron chi connectivity index (χ0n) is 21.2. The van der Waals surface area contributed by atoms with Crippen molar-refractivity contribution in [3.8, 4) is 5.75 Å². The molecule has 10 nitrogen and oxygen atoms in total. The summed E-state index contributed by atoms with van der Waals surface area (Å²) >= 11 is 0. The van der Waals surface area contributed by atoms with Gasteiger partial charge in [0.25, 0.3) is 0 Å². The van der Waals surface area contributed by atoms with Crippen molar-refractivity contribution < 1.29 is 29.4 Å². The van der Waals surface area contributed by atoms with Crippen molar-refractivity contribution >= 4 is 23.7 Å². The molecule has 3 amide bonds. The molecule has 3 rings (SSSR count). The summed E-state index contributed by atoms with van der Waals surface area (Å²) in [7, 11) is 0. The highest BCUT2D eigenvalue weighted by atomic mass is 16.4. The zero-order chi connectivity index (χ0) is 28.2. The SMILES string of the molecule is NC(Cc1ccc(O)cc1)C(=O)NCC(=O)NC(Cc1ccccc1)C(=O)NC(Cc1ccccc1)C(=O)O. The highest BCUT2D eigenvalue weighted by Gasteiger charge is 2.27. The molecule has 39 heavy (non-hydrogen) atoms. The van der Waals surface area contributed by atoms with Crippen LogP contribution in [0.1, 0.15) is 16.7 Å². The number of phenols is 1. The second-order valence-corrected chi connectivity index (χ2v) is 9.09. The van der Waals surface area contributed by atoms with Gasteiger partial charge in [-0.15, -0.1) is 0 Å². The number of carbonyl (C=O) groups excluding carboxylic acids is 3. The Bertz CT molecular complexity index is 1250. The first-order valence-electron chi connectivity index (χ1n) is 12.4. The van der Waals surface area contributed by atoms with Crippen LogP contribution < -0.4 is 21.7 Å². The summed E-state index contributed by atoms with van der Waals surface area (Å²) in [5, 5.41) is 26.6. The molecule has 0 saturated heterocycles. The lowest BCUT2D eigenvalue weighted by Gasteiger charge is -2.22. The highest BCUT2D eigenvalue weighted by Crippen LogP contribution is 2.11. The molecule has 10 heteroatoms. The maximum atomic E-state index is 13.1. The summed E-state index contributed by atoms with van der Waals surface area (Å²) < 4.78 is 0. The minimum atomic E-state index is -1.20. The summed E-state index contributed by atoms with van der Waals surface area (Å²) in [6.45, 7) is -0.424. The van der Waals surface area contributed by atoms with E-state index in [9.17, 15) is 29.4 Å². The van der Waals surface area contributed by atoms with E-state index in [1.807, 2.05) is 12.1 Å². The van der Waals surface area contributed by atoms with Gasteiger partial charge in [-0.3, -0.25) is 14.4 Å². The second kappa shape index (κ2) is 14.3. The zero-order valence-corrected chi connectivity index (χ0v) is 21.2. The monoisotopic (exact) mass is 532 g/mol. The Morgan fingerprint density at radius 1 is 0.667 bits per heavy atom. The normalized spacial score (nSPS) is 12.9. The minimum absolute atomic E-state index is 0.0723. The molecule has 204 valence electrons. The van der Waals surface area contributed by atoms with Crippen LogP contribution in [0.2, 0.25) is 0 Å². The predicted octanol–water partition coefficient (Wildman–Crippen LogP) is 0.918. The van der Waals surface area contributed by atoms with Crippen LogP contribution in [0.3, 0.4) is 0 Å². The first-order chi connectivity index (χ1) is 18.7. The van der Waals surface area contributed by atoms with Gasteiger partial charge in [0.05, 0.1) is 12.6 Å². The van der Waals surface area contributed by atoms with Crippen molar-refractivity contribution in [2.24, 2.45) is 5.73 Å². The smallest absolute Gasteiger partial charge is 0.326 e. The highest BCUT2D eigenvalue weighted by molar-refractivity contribution is 5.92. The van der Waals surface area contributed by atoms with Crippen LogP contribution in [0.15, 0.2) is 84.9 Å². The molecule has 0 spiro atoms. The number of nitrogens with two attached hydrogens (primary N) is 1. The van der Waals surface area contributed by atoms with Gasteiger partial charge in [0.15, 0.2) is 0 Å². The molecule has 0 aliphatic rings. The van der Waals surface area contributed by atoms with Crippen molar-refractivity contribution in [2.45, 2.75) is 37.4 Å². The minimum Gasteiger partial charge on any atom is -0.508 e. The van der Waals surface area contributed by atoms with Gasteiger partial charge >= 0.3 is 5.97 Å². The number of nitrogens with one attached hydrogen (secondary N) is 3. The molecule has 0 fully saturated rings. The molecular formula is C29H32N4O6. The van der Waals surface area contributed by atoms with Gasteiger partial charge < -0.3 is 31.9 Å². The Labute approximate surface area is 226 Å². The van der Waals surface area contributed by atoms with Crippen molar-refractivity contribution in [2.75, 3.05) is 6.54 Å². The van der Waals surface area contributed by atoms with Gasteiger partial charge in [-0.25, -0.2) is 4.79 Å². The van der Waals surface area contributed by atoms with E-state index in [1.165, 1.54) is 12.1 Å². The third-order valence-electron chi connectivity index (χ3n) is 5.98. The molecule has 3 unspecified atom stereocenters. The molecule has 0 bridgehead atoms. The number of hydrogen-bond acceptors (Lipinski definition) is 6. The number of hydrogen-bond donors (Lipinski definition) is 6. The number of carboxylic acid groups (broad SMARTS) is 1. The van der Waals surface area contributed by atoms with E-state index < -0.39 is 48.4 Å². The van der Waals surface area contributed by atoms with Crippen LogP contribution in [0, 0.1) is 0 Å². The van der Waals surface area contributed by atoms with Gasteiger partial charge in [-0.2, -0.15) is 0 Å². The third kappa shape index (κ3) is 9.60. The van der Waals surface area contributed by atoms with E-state index in [0.29, 0.717) is 0 Å². The van der Waals surface area contributed by atoms with Crippen molar-refractivity contribution in [3.63, 3.8) is 0 Å². The predicted molar refractivity (Wildman–Crippen MR) is 145 cm³/mol. The van der Waals surface area contributed by atoms with Gasteiger partial charge in [0, 0.05) is 12.8 Å². The van der Waals surface area contributed by atoms with Crippen molar-refractivity contribution in [1.82, 2.24) is 16.0 Å². The average molecular weight is 533 g/mol. The van der Waals surface area contributed by atoms with Crippen LogP contribution in [-0.4, -0.2) is 58.6 Å². The van der Waals surface area contributed by atoms with E-state index >= 15 is 0 Å². The topological polar surface area (TPSA) is 171 Å². The first kappa shape index (κ1) is 28.9. The lowest BCUT2D eigenvalue weighted by molar-refractivity contribution is -0.142. The summed E-state index contributed by atoms with van der Waals surface area (Å²) in [6, 6.07) is 20.9. The number of carbonyl (C=O) groups is 4. The second-order valence-electron chi connectivity index (χ2n) is 9.09. The first-order valence-corrected chi connectivity index (χ1v) is 12.4. The molecule has 0 radical (unpaired) electrons. The van der Waals surface area contributed by atoms with E-state index in [1.54, 1.807) is 60.7 Å². The number of amides is 3. The van der Waals surface area contributed by atoms with Gasteiger partial charge in [-0.1, -0.05) is 72.8 Å². The summed E-state index contributed by atoms with van der Waals surface area (Å²) in [6.07, 6.45) is 0.387. The largest absolute Gasteiger partial charge is 0.508 e. The van der Waals surface area contributed by atoms with Gasteiger partial charge in [0.1, 0.15) is 17.8 Å². The summed E-state index contributed by atoms with van der Waals surface area (Å²) in [4.78, 5) is 50.1. The van der Waals surface area contributed by atoms with E-state index in [4.69, 9.17) is 5.73 Å². The fourth-order valence-electron chi connectivity index (χ4n) is 3.90. The molecule has 3 atom stereocenters. The summed E-state index contributed by atoms with van der Waals surface area (Å²) in [5.41, 5.74) is 8.18. The lowest BCUT2D eigenvalue weighted by atomic mass is 10.0. The number of rotatable bonds is 13. The third-order valence-corrected chi connectivity index (χ3v) is 5.98. The molecule has 0 saturated carbocycles. The maximum absolute atomic E-state index is 13.1. The molecule has 0 aromatic heterocycles. The molecule has 0 heterocycles. The van der Waals surface area contributed by atoms with Crippen LogP contribution in [0.5, 0.6) is 5.75 Å². The fraction of sp³-hybridized carbons (Fsp3) is 0.241. The van der Waals surface area contributed by atoms with Crippen LogP contribution in [0.4, 0.5) is 0 Å². The molecule has 3 aromatic carbocycles. The van der Waals surface area contributed by atoms with Crippen LogP contribution in [-0.2, 0) is 38.4 Å². The average Bonchev–Trinajstić information content (AvgIpc) is 2.93. The Hall–Kier alpha value is -4.70. The standard InChI is InChI=1S/C29H32N4O6/c30-23(15-21-11-13-22(34)14-12-21)27(36)31-18-26(35)32-24(16-19-7-3-1-4-8-19)28(37)33-25(29(38)39)17-20-9-5-2-6-10-20/h1-14,23-25,34H,15-18,30H2,(H,31,36)(H,32,35)(H,33,37)(H,38,39). The van der Waals surface area contributed by atoms with Gasteiger partial charge in [-0.05, 0) is 35.2 Å². The molecule has 3 aromatic rings. The number of benzene rings is 3. The Morgan fingerprint density at radius 2 is 1.18 bits per heavy atom. The van der Waals surface area contributed by atoms with Crippen LogP contribution in [0.25, 0.3) is 0 Å². The fourth-order valence-corrected chi connectivity index (χ4v) is 3.90. The molecule has 7 N–H and O–H groups in total. The molecular weight excluding hydrogens is 500 g/mol.